The van der Waals surface area contributed by atoms with Gasteiger partial charge >= 0.3 is 0 Å². The van der Waals surface area contributed by atoms with Gasteiger partial charge < -0.3 is 15.1 Å². The molecule has 0 aromatic heterocycles. The second-order valence-electron chi connectivity index (χ2n) is 6.49. The van der Waals surface area contributed by atoms with E-state index in [1.165, 1.54) is 90.6 Å². The summed E-state index contributed by atoms with van der Waals surface area (Å²) in [6.07, 6.45) is 11.2. The minimum absolute atomic E-state index is 0.886. The molecule has 0 unspecified atom stereocenters. The van der Waals surface area contributed by atoms with E-state index in [1.807, 2.05) is 0 Å². The highest BCUT2D eigenvalue weighted by atomic mass is 15.2. The molecule has 0 aromatic carbocycles. The summed E-state index contributed by atoms with van der Waals surface area (Å²) in [6, 6.07) is 0.886. The number of nitrogens with one attached hydrogen (secondary N) is 1. The van der Waals surface area contributed by atoms with E-state index >= 15 is 0 Å². The molecule has 19 heavy (non-hydrogen) atoms. The Bertz CT molecular complexity index is 222. The molecule has 112 valence electrons. The maximum Gasteiger partial charge on any atom is 0.0109 e. The van der Waals surface area contributed by atoms with Gasteiger partial charge in [0.05, 0.1) is 0 Å². The Labute approximate surface area is 119 Å². The number of rotatable bonds is 11. The zero-order valence-corrected chi connectivity index (χ0v) is 12.9. The van der Waals surface area contributed by atoms with Gasteiger partial charge in [0.15, 0.2) is 0 Å². The number of likely N-dealkylation sites (N-methyl/N-ethyl adjacent to an activating group) is 1. The molecule has 1 aliphatic heterocycles. The smallest absolute Gasteiger partial charge is 0.0109 e. The van der Waals surface area contributed by atoms with Gasteiger partial charge in [-0.05, 0) is 71.8 Å². The van der Waals surface area contributed by atoms with Crippen molar-refractivity contribution in [1.82, 2.24) is 15.1 Å². The third-order valence-electron chi connectivity index (χ3n) is 4.47. The fraction of sp³-hybridized carbons (Fsp3) is 1.00. The average molecular weight is 267 g/mol. The van der Waals surface area contributed by atoms with Gasteiger partial charge in [-0.15, -0.1) is 0 Å². The summed E-state index contributed by atoms with van der Waals surface area (Å²) < 4.78 is 0. The summed E-state index contributed by atoms with van der Waals surface area (Å²) >= 11 is 0. The Kier molecular flexibility index (Phi) is 7.18. The summed E-state index contributed by atoms with van der Waals surface area (Å²) in [5.74, 6) is 0. The van der Waals surface area contributed by atoms with E-state index in [4.69, 9.17) is 0 Å². The summed E-state index contributed by atoms with van der Waals surface area (Å²) in [5, 5.41) is 3.59. The molecule has 2 fully saturated rings. The van der Waals surface area contributed by atoms with Gasteiger partial charge in [-0.25, -0.2) is 0 Å². The molecule has 0 bridgehead atoms. The van der Waals surface area contributed by atoms with Crippen molar-refractivity contribution in [2.45, 2.75) is 57.4 Å². The van der Waals surface area contributed by atoms with E-state index in [9.17, 15) is 0 Å². The van der Waals surface area contributed by atoms with Crippen LogP contribution in [0.4, 0.5) is 0 Å². The van der Waals surface area contributed by atoms with Gasteiger partial charge in [0, 0.05) is 19.1 Å². The van der Waals surface area contributed by atoms with Crippen LogP contribution in [0.1, 0.15) is 51.4 Å². The van der Waals surface area contributed by atoms with Crippen LogP contribution < -0.4 is 5.32 Å². The zero-order chi connectivity index (χ0) is 13.3. The first-order valence-corrected chi connectivity index (χ1v) is 8.49. The molecule has 3 nitrogen and oxygen atoms in total. The number of nitrogens with zero attached hydrogens (tertiary/aromatic N) is 2. The summed E-state index contributed by atoms with van der Waals surface area (Å²) in [7, 11) is 2.28. The Hall–Kier alpha value is -0.120. The van der Waals surface area contributed by atoms with Crippen molar-refractivity contribution in [2.24, 2.45) is 0 Å². The number of hydrogen-bond donors (Lipinski definition) is 1. The van der Waals surface area contributed by atoms with Crippen molar-refractivity contribution in [3.8, 4) is 0 Å². The largest absolute Gasteiger partial charge is 0.314 e. The first-order valence-electron chi connectivity index (χ1n) is 8.49. The molecule has 1 saturated carbocycles. The molecular weight excluding hydrogens is 234 g/mol. The lowest BCUT2D eigenvalue weighted by atomic mass is 10.2. The minimum atomic E-state index is 0.886. The van der Waals surface area contributed by atoms with Crippen LogP contribution in [-0.4, -0.2) is 62.2 Å². The average Bonchev–Trinajstić information content (AvgIpc) is 3.09. The standard InChI is InChI=1S/C16H33N3/c1-18(14-15-19-12-6-7-13-19)11-5-3-2-4-10-17-16-8-9-16/h16-17H,2-15H2,1H3. The van der Waals surface area contributed by atoms with Gasteiger partial charge in [-0.3, -0.25) is 0 Å². The molecule has 0 atom stereocenters. The minimum Gasteiger partial charge on any atom is -0.314 e. The fourth-order valence-corrected chi connectivity index (χ4v) is 2.88. The molecule has 0 aromatic rings. The normalized spacial score (nSPS) is 20.5. The quantitative estimate of drug-likeness (QED) is 0.580. The molecule has 1 heterocycles. The molecule has 1 N–H and O–H groups in total. The van der Waals surface area contributed by atoms with Gasteiger partial charge in [-0.2, -0.15) is 0 Å². The Morgan fingerprint density at radius 3 is 2.47 bits per heavy atom. The molecular formula is C16H33N3. The summed E-state index contributed by atoms with van der Waals surface area (Å²) in [4.78, 5) is 5.13. The second-order valence-corrected chi connectivity index (χ2v) is 6.49. The third-order valence-corrected chi connectivity index (χ3v) is 4.47. The second kappa shape index (κ2) is 8.93. The first kappa shape index (κ1) is 15.3. The monoisotopic (exact) mass is 267 g/mol. The van der Waals surface area contributed by atoms with Crippen molar-refractivity contribution >= 4 is 0 Å². The van der Waals surface area contributed by atoms with E-state index in [2.05, 4.69) is 22.2 Å². The van der Waals surface area contributed by atoms with Crippen LogP contribution >= 0.6 is 0 Å². The van der Waals surface area contributed by atoms with E-state index < -0.39 is 0 Å². The summed E-state index contributed by atoms with van der Waals surface area (Å²) in [5.41, 5.74) is 0. The lowest BCUT2D eigenvalue weighted by Crippen LogP contribution is -2.31. The Morgan fingerprint density at radius 1 is 1.00 bits per heavy atom. The maximum absolute atomic E-state index is 3.59. The first-order chi connectivity index (χ1) is 9.34. The third kappa shape index (κ3) is 7.28. The molecule has 2 rings (SSSR count). The zero-order valence-electron chi connectivity index (χ0n) is 12.9. The lowest BCUT2D eigenvalue weighted by Gasteiger charge is -2.21. The van der Waals surface area contributed by atoms with Crippen molar-refractivity contribution in [3.63, 3.8) is 0 Å². The van der Waals surface area contributed by atoms with E-state index in [-0.39, 0.29) is 0 Å². The van der Waals surface area contributed by atoms with Gasteiger partial charge in [-0.1, -0.05) is 12.8 Å². The van der Waals surface area contributed by atoms with Crippen molar-refractivity contribution in [2.75, 3.05) is 46.3 Å². The Morgan fingerprint density at radius 2 is 1.74 bits per heavy atom. The van der Waals surface area contributed by atoms with Crippen LogP contribution in [0, 0.1) is 0 Å². The lowest BCUT2D eigenvalue weighted by molar-refractivity contribution is 0.253. The van der Waals surface area contributed by atoms with Crippen LogP contribution in [0.15, 0.2) is 0 Å². The van der Waals surface area contributed by atoms with Crippen LogP contribution in [0.3, 0.4) is 0 Å². The highest BCUT2D eigenvalue weighted by molar-refractivity contribution is 4.80. The maximum atomic E-state index is 3.59. The van der Waals surface area contributed by atoms with Crippen LogP contribution in [0.5, 0.6) is 0 Å². The predicted molar refractivity (Wildman–Crippen MR) is 82.7 cm³/mol. The highest BCUT2D eigenvalue weighted by Crippen LogP contribution is 2.18. The molecule has 1 aliphatic carbocycles. The summed E-state index contributed by atoms with van der Waals surface area (Å²) in [6.45, 7) is 7.73. The topological polar surface area (TPSA) is 18.5 Å². The molecule has 0 amide bonds. The van der Waals surface area contributed by atoms with Gasteiger partial charge in [0.1, 0.15) is 0 Å². The molecule has 1 saturated heterocycles. The van der Waals surface area contributed by atoms with E-state index in [0.717, 1.165) is 6.04 Å². The highest BCUT2D eigenvalue weighted by Gasteiger charge is 2.19. The van der Waals surface area contributed by atoms with Crippen molar-refractivity contribution < 1.29 is 0 Å². The Balaban J connectivity index is 1.33. The predicted octanol–water partition coefficient (Wildman–Crippen LogP) is 2.33. The SMILES string of the molecule is CN(CCCCCCNC1CC1)CCN1CCCC1. The van der Waals surface area contributed by atoms with Crippen LogP contribution in [0.2, 0.25) is 0 Å². The number of hydrogen-bond acceptors (Lipinski definition) is 3. The molecule has 2 aliphatic rings. The van der Waals surface area contributed by atoms with Crippen molar-refractivity contribution in [1.29, 1.82) is 0 Å². The molecule has 0 spiro atoms. The van der Waals surface area contributed by atoms with E-state index in [0.29, 0.717) is 0 Å². The fourth-order valence-electron chi connectivity index (χ4n) is 2.88. The molecule has 0 radical (unpaired) electrons. The van der Waals surface area contributed by atoms with Gasteiger partial charge in [0.25, 0.3) is 0 Å². The van der Waals surface area contributed by atoms with Crippen LogP contribution in [0.25, 0.3) is 0 Å². The number of unbranched alkanes of at least 4 members (excludes halogenated alkanes) is 3. The number of likely N-dealkylation sites (tertiary alicyclic amines) is 1. The van der Waals surface area contributed by atoms with E-state index in [1.54, 1.807) is 0 Å². The van der Waals surface area contributed by atoms with Crippen LogP contribution in [-0.2, 0) is 0 Å². The van der Waals surface area contributed by atoms with Crippen molar-refractivity contribution in [3.05, 3.63) is 0 Å². The van der Waals surface area contributed by atoms with Gasteiger partial charge in [0.2, 0.25) is 0 Å². The molecule has 3 heteroatoms.